The first-order valence-electron chi connectivity index (χ1n) is 8.41. The second-order valence-corrected chi connectivity index (χ2v) is 7.17. The van der Waals surface area contributed by atoms with Gasteiger partial charge in [-0.25, -0.2) is 4.98 Å². The van der Waals surface area contributed by atoms with Gasteiger partial charge in [-0.1, -0.05) is 26.8 Å². The third-order valence-corrected chi connectivity index (χ3v) is 4.74. The van der Waals surface area contributed by atoms with Gasteiger partial charge in [0.15, 0.2) is 0 Å². The van der Waals surface area contributed by atoms with Crippen molar-refractivity contribution in [1.82, 2.24) is 10.3 Å². The van der Waals surface area contributed by atoms with Gasteiger partial charge in [0.25, 0.3) is 0 Å². The Balaban J connectivity index is 1.96. The van der Waals surface area contributed by atoms with Crippen LogP contribution in [0.2, 0.25) is 0 Å². The highest BCUT2D eigenvalue weighted by Crippen LogP contribution is 2.37. The van der Waals surface area contributed by atoms with Crippen LogP contribution >= 0.6 is 0 Å². The monoisotopic (exact) mass is 289 g/mol. The highest BCUT2D eigenvalue weighted by Gasteiger charge is 2.29. The summed E-state index contributed by atoms with van der Waals surface area (Å²) < 4.78 is 0. The van der Waals surface area contributed by atoms with E-state index in [1.54, 1.807) is 0 Å². The van der Waals surface area contributed by atoms with E-state index in [0.717, 1.165) is 31.0 Å². The Hall–Kier alpha value is -1.09. The van der Waals surface area contributed by atoms with Gasteiger partial charge in [-0.3, -0.25) is 0 Å². The van der Waals surface area contributed by atoms with E-state index >= 15 is 0 Å². The topological polar surface area (TPSA) is 28.2 Å². The van der Waals surface area contributed by atoms with Crippen LogP contribution in [-0.4, -0.2) is 24.6 Å². The number of nitrogens with one attached hydrogen (secondary N) is 1. The molecule has 1 aromatic heterocycles. The lowest BCUT2D eigenvalue weighted by molar-refractivity contribution is 0.222. The van der Waals surface area contributed by atoms with Gasteiger partial charge in [-0.05, 0) is 56.2 Å². The van der Waals surface area contributed by atoms with Crippen molar-refractivity contribution in [2.24, 2.45) is 5.41 Å². The van der Waals surface area contributed by atoms with Crippen LogP contribution in [0.15, 0.2) is 18.2 Å². The predicted molar refractivity (Wildman–Crippen MR) is 90.7 cm³/mol. The van der Waals surface area contributed by atoms with Crippen molar-refractivity contribution in [2.45, 2.75) is 65.5 Å². The molecular weight excluding hydrogens is 258 g/mol. The van der Waals surface area contributed by atoms with Crippen molar-refractivity contribution in [3.63, 3.8) is 0 Å². The molecule has 1 aromatic rings. The molecule has 21 heavy (non-hydrogen) atoms. The summed E-state index contributed by atoms with van der Waals surface area (Å²) in [7, 11) is 2.20. The number of anilines is 1. The van der Waals surface area contributed by atoms with E-state index in [9.17, 15) is 0 Å². The third-order valence-electron chi connectivity index (χ3n) is 4.74. The van der Waals surface area contributed by atoms with E-state index < -0.39 is 0 Å². The summed E-state index contributed by atoms with van der Waals surface area (Å²) in [6.45, 7) is 8.89. The molecular formula is C18H31N3. The number of nitrogens with zero attached hydrogens (tertiary/aromatic N) is 2. The quantitative estimate of drug-likeness (QED) is 0.803. The Labute approximate surface area is 130 Å². The molecule has 1 aliphatic rings. The summed E-state index contributed by atoms with van der Waals surface area (Å²) in [5, 5.41) is 3.43. The van der Waals surface area contributed by atoms with Crippen LogP contribution < -0.4 is 10.2 Å². The highest BCUT2D eigenvalue weighted by atomic mass is 15.2. The van der Waals surface area contributed by atoms with Gasteiger partial charge in [0.2, 0.25) is 0 Å². The van der Waals surface area contributed by atoms with Gasteiger partial charge in [0.1, 0.15) is 5.82 Å². The van der Waals surface area contributed by atoms with Crippen molar-refractivity contribution in [3.8, 4) is 0 Å². The van der Waals surface area contributed by atoms with E-state index in [1.165, 1.54) is 25.7 Å². The number of aromatic nitrogens is 1. The van der Waals surface area contributed by atoms with Crippen LogP contribution in [-0.2, 0) is 6.54 Å². The van der Waals surface area contributed by atoms with Crippen LogP contribution in [0, 0.1) is 5.41 Å². The first-order valence-corrected chi connectivity index (χ1v) is 8.41. The van der Waals surface area contributed by atoms with Gasteiger partial charge in [0, 0.05) is 19.6 Å². The zero-order chi connectivity index (χ0) is 15.3. The largest absolute Gasteiger partial charge is 0.357 e. The molecule has 2 rings (SSSR count). The molecule has 0 aliphatic heterocycles. The average Bonchev–Trinajstić information content (AvgIpc) is 2.47. The van der Waals surface area contributed by atoms with E-state index in [2.05, 4.69) is 56.2 Å². The molecule has 0 saturated heterocycles. The molecule has 1 aliphatic carbocycles. The molecule has 118 valence electrons. The maximum absolute atomic E-state index is 4.82. The van der Waals surface area contributed by atoms with Crippen LogP contribution in [0.1, 0.15) is 58.6 Å². The van der Waals surface area contributed by atoms with E-state index in [-0.39, 0.29) is 0 Å². The smallest absolute Gasteiger partial charge is 0.128 e. The maximum atomic E-state index is 4.82. The minimum Gasteiger partial charge on any atom is -0.357 e. The number of hydrogen-bond acceptors (Lipinski definition) is 3. The van der Waals surface area contributed by atoms with Gasteiger partial charge < -0.3 is 10.2 Å². The molecule has 0 amide bonds. The molecule has 1 heterocycles. The van der Waals surface area contributed by atoms with Gasteiger partial charge in [0.05, 0.1) is 5.69 Å². The van der Waals surface area contributed by atoms with Gasteiger partial charge in [-0.2, -0.15) is 0 Å². The van der Waals surface area contributed by atoms with Gasteiger partial charge >= 0.3 is 0 Å². The molecule has 0 unspecified atom stereocenters. The first kappa shape index (κ1) is 16.3. The Morgan fingerprint density at radius 3 is 2.67 bits per heavy atom. The molecule has 1 fully saturated rings. The Morgan fingerprint density at radius 1 is 1.29 bits per heavy atom. The van der Waals surface area contributed by atoms with Gasteiger partial charge in [-0.15, -0.1) is 0 Å². The molecule has 0 radical (unpaired) electrons. The molecule has 0 bridgehead atoms. The van der Waals surface area contributed by atoms with Crippen LogP contribution in [0.5, 0.6) is 0 Å². The molecule has 0 atom stereocenters. The van der Waals surface area contributed by atoms with Crippen LogP contribution in [0.25, 0.3) is 0 Å². The fraction of sp³-hybridized carbons (Fsp3) is 0.722. The molecule has 1 N–H and O–H groups in total. The highest BCUT2D eigenvalue weighted by molar-refractivity contribution is 5.39. The number of hydrogen-bond donors (Lipinski definition) is 1. The first-order chi connectivity index (χ1) is 10.0. The molecule has 3 nitrogen and oxygen atoms in total. The molecule has 3 heteroatoms. The van der Waals surface area contributed by atoms with Crippen LogP contribution in [0.4, 0.5) is 5.82 Å². The Morgan fingerprint density at radius 2 is 2.00 bits per heavy atom. The predicted octanol–water partition coefficient (Wildman–Crippen LogP) is 3.99. The minimum absolute atomic E-state index is 0.524. The van der Waals surface area contributed by atoms with E-state index in [0.29, 0.717) is 11.5 Å². The zero-order valence-corrected chi connectivity index (χ0v) is 14.2. The number of rotatable bonds is 6. The molecule has 0 spiro atoms. The normalized spacial score (nSPS) is 18.7. The zero-order valence-electron chi connectivity index (χ0n) is 14.2. The summed E-state index contributed by atoms with van der Waals surface area (Å²) in [6, 6.07) is 7.03. The van der Waals surface area contributed by atoms with E-state index in [4.69, 9.17) is 4.98 Å². The molecule has 0 aromatic carbocycles. The van der Waals surface area contributed by atoms with Crippen molar-refractivity contribution < 1.29 is 0 Å². The molecule has 1 saturated carbocycles. The summed E-state index contributed by atoms with van der Waals surface area (Å²) in [6.07, 6.45) is 6.37. The fourth-order valence-corrected chi connectivity index (χ4v) is 3.11. The fourth-order valence-electron chi connectivity index (χ4n) is 3.11. The SMILES string of the molecule is CCCNCc1cccc(N(C)C2CCC(C)(C)CC2)n1. The Bertz CT molecular complexity index is 432. The van der Waals surface area contributed by atoms with E-state index in [1.807, 2.05) is 0 Å². The second-order valence-electron chi connectivity index (χ2n) is 7.17. The minimum atomic E-state index is 0.524. The lowest BCUT2D eigenvalue weighted by Crippen LogP contribution is -2.37. The lowest BCUT2D eigenvalue weighted by atomic mass is 9.75. The average molecular weight is 289 g/mol. The van der Waals surface area contributed by atoms with Crippen LogP contribution in [0.3, 0.4) is 0 Å². The van der Waals surface area contributed by atoms with Crippen molar-refractivity contribution in [2.75, 3.05) is 18.5 Å². The Kier molecular flexibility index (Phi) is 5.63. The van der Waals surface area contributed by atoms with Crippen molar-refractivity contribution in [1.29, 1.82) is 0 Å². The van der Waals surface area contributed by atoms with Crippen molar-refractivity contribution in [3.05, 3.63) is 23.9 Å². The summed E-state index contributed by atoms with van der Waals surface area (Å²) in [5.41, 5.74) is 1.67. The standard InChI is InChI=1S/C18H31N3/c1-5-13-19-14-15-7-6-8-17(20-15)21(4)16-9-11-18(2,3)12-10-16/h6-8,16,19H,5,9-14H2,1-4H3. The maximum Gasteiger partial charge on any atom is 0.128 e. The van der Waals surface area contributed by atoms with Crippen molar-refractivity contribution >= 4 is 5.82 Å². The summed E-state index contributed by atoms with van der Waals surface area (Å²) in [4.78, 5) is 7.21. The second kappa shape index (κ2) is 7.26. The third kappa shape index (κ3) is 4.70. The summed E-state index contributed by atoms with van der Waals surface area (Å²) >= 11 is 0. The summed E-state index contributed by atoms with van der Waals surface area (Å²) in [5.74, 6) is 1.12. The lowest BCUT2D eigenvalue weighted by Gasteiger charge is -2.39. The number of pyridine rings is 1.